The SMILES string of the molecule is O=C(NCc1cc(C(F)(F)F)nn1-c1cccc(Cl)c1)NC1CCCc2[nH]ncc21. The zero-order valence-electron chi connectivity index (χ0n) is 15.6. The van der Waals surface area contributed by atoms with Gasteiger partial charge < -0.3 is 10.6 Å². The number of hydrogen-bond donors (Lipinski definition) is 3. The lowest BCUT2D eigenvalue weighted by Crippen LogP contribution is -2.38. The molecule has 2 heterocycles. The summed E-state index contributed by atoms with van der Waals surface area (Å²) < 4.78 is 40.7. The van der Waals surface area contributed by atoms with E-state index < -0.39 is 17.9 Å². The summed E-state index contributed by atoms with van der Waals surface area (Å²) in [6, 6.07) is 6.54. The van der Waals surface area contributed by atoms with Gasteiger partial charge in [0.2, 0.25) is 0 Å². The molecular weight excluding hydrogens is 421 g/mol. The first kappa shape index (κ1) is 20.3. The van der Waals surface area contributed by atoms with Crippen molar-refractivity contribution in [1.82, 2.24) is 30.6 Å². The molecular formula is C19H18ClF3N6O. The quantitative estimate of drug-likeness (QED) is 0.572. The standard InChI is InChI=1S/C19H18ClF3N6O/c20-11-3-1-4-12(7-11)29-13(8-17(28-29)19(21,22)23)9-24-18(30)26-15-5-2-6-16-14(15)10-25-27-16/h1,3-4,7-8,10,15H,2,5-6,9H2,(H,25,27)(H2,24,26,30). The van der Waals surface area contributed by atoms with Crippen LogP contribution in [-0.4, -0.2) is 26.0 Å². The molecule has 7 nitrogen and oxygen atoms in total. The highest BCUT2D eigenvalue weighted by atomic mass is 35.5. The molecule has 0 saturated carbocycles. The maximum absolute atomic E-state index is 13.2. The molecule has 3 N–H and O–H groups in total. The lowest BCUT2D eigenvalue weighted by Gasteiger charge is -2.23. The number of urea groups is 1. The van der Waals surface area contributed by atoms with Gasteiger partial charge in [-0.1, -0.05) is 17.7 Å². The van der Waals surface area contributed by atoms with Gasteiger partial charge in [-0.2, -0.15) is 23.4 Å². The molecule has 2 aromatic heterocycles. The molecule has 1 unspecified atom stereocenters. The van der Waals surface area contributed by atoms with Gasteiger partial charge in [0, 0.05) is 16.3 Å². The Labute approximate surface area is 174 Å². The Morgan fingerprint density at radius 2 is 2.17 bits per heavy atom. The van der Waals surface area contributed by atoms with Crippen molar-refractivity contribution in [2.24, 2.45) is 0 Å². The summed E-state index contributed by atoms with van der Waals surface area (Å²) in [7, 11) is 0. The third-order valence-corrected chi connectivity index (χ3v) is 5.14. The Hall–Kier alpha value is -3.01. The van der Waals surface area contributed by atoms with Gasteiger partial charge in [-0.15, -0.1) is 0 Å². The van der Waals surface area contributed by atoms with Gasteiger partial charge in [-0.25, -0.2) is 9.48 Å². The third-order valence-electron chi connectivity index (χ3n) is 4.91. The second-order valence-corrected chi connectivity index (χ2v) is 7.42. The summed E-state index contributed by atoms with van der Waals surface area (Å²) >= 11 is 5.96. The van der Waals surface area contributed by atoms with Crippen LogP contribution in [0.4, 0.5) is 18.0 Å². The van der Waals surface area contributed by atoms with Crippen molar-refractivity contribution >= 4 is 17.6 Å². The number of aryl methyl sites for hydroxylation is 1. The van der Waals surface area contributed by atoms with Crippen molar-refractivity contribution in [1.29, 1.82) is 0 Å². The number of H-pyrrole nitrogens is 1. The molecule has 3 aromatic rings. The van der Waals surface area contributed by atoms with Crippen LogP contribution >= 0.6 is 11.6 Å². The Bertz CT molecular complexity index is 1060. The van der Waals surface area contributed by atoms with Crippen LogP contribution in [0.2, 0.25) is 5.02 Å². The maximum Gasteiger partial charge on any atom is 0.435 e. The third kappa shape index (κ3) is 4.28. The van der Waals surface area contributed by atoms with Crippen molar-refractivity contribution in [3.8, 4) is 5.69 Å². The number of aromatic nitrogens is 4. The van der Waals surface area contributed by atoms with Gasteiger partial charge in [-0.3, -0.25) is 5.10 Å². The summed E-state index contributed by atoms with van der Waals surface area (Å²) in [6.07, 6.45) is -0.396. The smallest absolute Gasteiger partial charge is 0.332 e. The zero-order chi connectivity index (χ0) is 21.3. The number of rotatable bonds is 4. The summed E-state index contributed by atoms with van der Waals surface area (Å²) in [5.74, 6) is 0. The number of hydrogen-bond acceptors (Lipinski definition) is 3. The largest absolute Gasteiger partial charge is 0.435 e. The van der Waals surface area contributed by atoms with Crippen LogP contribution in [0.1, 0.15) is 41.5 Å². The highest BCUT2D eigenvalue weighted by Gasteiger charge is 2.35. The monoisotopic (exact) mass is 438 g/mol. The summed E-state index contributed by atoms with van der Waals surface area (Å²) in [5.41, 5.74) is 1.41. The number of aromatic amines is 1. The van der Waals surface area contributed by atoms with Crippen LogP contribution in [-0.2, 0) is 19.1 Å². The normalized spacial score (nSPS) is 16.2. The van der Waals surface area contributed by atoms with Crippen LogP contribution in [0, 0.1) is 0 Å². The lowest BCUT2D eigenvalue weighted by atomic mass is 9.93. The average Bonchev–Trinajstić information content (AvgIpc) is 3.34. The summed E-state index contributed by atoms with van der Waals surface area (Å²) in [6.45, 7) is -0.146. The molecule has 158 valence electrons. The van der Waals surface area contributed by atoms with Gasteiger partial charge in [0.1, 0.15) is 0 Å². The van der Waals surface area contributed by atoms with E-state index >= 15 is 0 Å². The second-order valence-electron chi connectivity index (χ2n) is 6.99. The fourth-order valence-electron chi connectivity index (χ4n) is 3.51. The average molecular weight is 439 g/mol. The molecule has 0 spiro atoms. The number of nitrogens with one attached hydrogen (secondary N) is 3. The fraction of sp³-hybridized carbons (Fsp3) is 0.316. The Morgan fingerprint density at radius 1 is 1.33 bits per heavy atom. The van der Waals surface area contributed by atoms with Gasteiger partial charge in [0.25, 0.3) is 0 Å². The maximum atomic E-state index is 13.2. The van der Waals surface area contributed by atoms with Gasteiger partial charge in [0.15, 0.2) is 5.69 Å². The number of benzene rings is 1. The first-order valence-electron chi connectivity index (χ1n) is 9.30. The number of halogens is 4. The highest BCUT2D eigenvalue weighted by Crippen LogP contribution is 2.30. The topological polar surface area (TPSA) is 87.6 Å². The minimum Gasteiger partial charge on any atom is -0.332 e. The minimum atomic E-state index is -4.61. The zero-order valence-corrected chi connectivity index (χ0v) is 16.4. The first-order valence-corrected chi connectivity index (χ1v) is 9.67. The molecule has 0 saturated heterocycles. The van der Waals surface area contributed by atoms with Crippen molar-refractivity contribution in [3.63, 3.8) is 0 Å². The second kappa shape index (κ2) is 8.02. The van der Waals surface area contributed by atoms with Crippen molar-refractivity contribution in [2.75, 3.05) is 0 Å². The van der Waals surface area contributed by atoms with E-state index in [0.717, 1.165) is 41.3 Å². The lowest BCUT2D eigenvalue weighted by molar-refractivity contribution is -0.141. The molecule has 11 heteroatoms. The van der Waals surface area contributed by atoms with Crippen molar-refractivity contribution in [2.45, 2.75) is 38.0 Å². The molecule has 30 heavy (non-hydrogen) atoms. The predicted octanol–water partition coefficient (Wildman–Crippen LogP) is 4.14. The van der Waals surface area contributed by atoms with Crippen LogP contribution < -0.4 is 10.6 Å². The van der Waals surface area contributed by atoms with Crippen LogP contribution in [0.5, 0.6) is 0 Å². The van der Waals surface area contributed by atoms with Gasteiger partial charge in [-0.05, 0) is 43.5 Å². The van der Waals surface area contributed by atoms with E-state index in [1.54, 1.807) is 24.4 Å². The number of fused-ring (bicyclic) bond motifs is 1. The van der Waals surface area contributed by atoms with Crippen LogP contribution in [0.3, 0.4) is 0 Å². The molecule has 2 amide bonds. The number of nitrogens with zero attached hydrogens (tertiary/aromatic N) is 3. The fourth-order valence-corrected chi connectivity index (χ4v) is 3.69. The molecule has 0 fully saturated rings. The molecule has 0 radical (unpaired) electrons. The number of carbonyl (C=O) groups excluding carboxylic acids is 1. The molecule has 0 aliphatic heterocycles. The molecule has 0 bridgehead atoms. The van der Waals surface area contributed by atoms with Crippen LogP contribution in [0.25, 0.3) is 5.69 Å². The highest BCUT2D eigenvalue weighted by molar-refractivity contribution is 6.30. The van der Waals surface area contributed by atoms with E-state index in [-0.39, 0.29) is 18.3 Å². The van der Waals surface area contributed by atoms with Crippen LogP contribution in [0.15, 0.2) is 36.5 Å². The number of carbonyl (C=O) groups is 1. The Kier molecular flexibility index (Phi) is 5.42. The van der Waals surface area contributed by atoms with E-state index in [1.165, 1.54) is 6.07 Å². The van der Waals surface area contributed by atoms with E-state index in [0.29, 0.717) is 10.7 Å². The number of amides is 2. The molecule has 1 aliphatic carbocycles. The van der Waals surface area contributed by atoms with Gasteiger partial charge >= 0.3 is 12.2 Å². The van der Waals surface area contributed by atoms with Gasteiger partial charge in [0.05, 0.1) is 30.2 Å². The van der Waals surface area contributed by atoms with Crippen molar-refractivity contribution in [3.05, 3.63) is 64.2 Å². The molecule has 4 rings (SSSR count). The minimum absolute atomic E-state index is 0.146. The molecule has 1 aromatic carbocycles. The van der Waals surface area contributed by atoms with Crippen molar-refractivity contribution < 1.29 is 18.0 Å². The number of alkyl halides is 3. The van der Waals surface area contributed by atoms with E-state index in [9.17, 15) is 18.0 Å². The predicted molar refractivity (Wildman–Crippen MR) is 103 cm³/mol. The van der Waals surface area contributed by atoms with E-state index in [1.807, 2.05) is 0 Å². The first-order chi connectivity index (χ1) is 14.3. The summed E-state index contributed by atoms with van der Waals surface area (Å²) in [5, 5.41) is 16.4. The van der Waals surface area contributed by atoms with E-state index in [4.69, 9.17) is 11.6 Å². The summed E-state index contributed by atoms with van der Waals surface area (Å²) in [4.78, 5) is 12.4. The Balaban J connectivity index is 1.50. The molecule has 1 aliphatic rings. The molecule has 1 atom stereocenters. The Morgan fingerprint density at radius 3 is 2.93 bits per heavy atom. The van der Waals surface area contributed by atoms with E-state index in [2.05, 4.69) is 25.9 Å².